The molecule has 1 aromatic carbocycles. The number of benzene rings is 1. The summed E-state index contributed by atoms with van der Waals surface area (Å²) in [6, 6.07) is 10.5. The monoisotopic (exact) mass is 282 g/mol. The zero-order valence-electron chi connectivity index (χ0n) is 11.6. The lowest BCUT2D eigenvalue weighted by atomic mass is 9.97. The maximum absolute atomic E-state index is 12.5. The number of likely N-dealkylation sites (N-methyl/N-ethyl adjacent to an activating group) is 1. The van der Waals surface area contributed by atoms with Crippen molar-refractivity contribution in [1.82, 2.24) is 10.2 Å². The SMILES string of the molecule is CNC1CCCN(C(=O)C(C)c2ccccc2)C1.Cl. The van der Waals surface area contributed by atoms with E-state index >= 15 is 0 Å². The summed E-state index contributed by atoms with van der Waals surface area (Å²) in [6.45, 7) is 3.74. The molecule has 19 heavy (non-hydrogen) atoms. The fourth-order valence-corrected chi connectivity index (χ4v) is 2.57. The van der Waals surface area contributed by atoms with Crippen molar-refractivity contribution in [3.8, 4) is 0 Å². The molecule has 1 amide bonds. The molecule has 1 N–H and O–H groups in total. The molecule has 0 bridgehead atoms. The normalized spacial score (nSPS) is 20.5. The van der Waals surface area contributed by atoms with E-state index in [4.69, 9.17) is 0 Å². The standard InChI is InChI=1S/C15H22N2O.ClH/c1-12(13-7-4-3-5-8-13)15(18)17-10-6-9-14(11-17)16-2;/h3-5,7-8,12,14,16H,6,9-11H2,1-2H3;1H. The predicted octanol–water partition coefficient (Wildman–Crippen LogP) is 2.42. The third kappa shape index (κ3) is 3.95. The third-order valence-corrected chi connectivity index (χ3v) is 3.81. The molecule has 2 rings (SSSR count). The molecule has 0 aliphatic carbocycles. The minimum atomic E-state index is -0.0400. The average molecular weight is 283 g/mol. The van der Waals surface area contributed by atoms with E-state index in [1.807, 2.05) is 49.2 Å². The summed E-state index contributed by atoms with van der Waals surface area (Å²) >= 11 is 0. The summed E-state index contributed by atoms with van der Waals surface area (Å²) in [7, 11) is 1.97. The minimum Gasteiger partial charge on any atom is -0.341 e. The molecule has 1 aliphatic heterocycles. The van der Waals surface area contributed by atoms with Crippen LogP contribution in [0.3, 0.4) is 0 Å². The summed E-state index contributed by atoms with van der Waals surface area (Å²) in [4.78, 5) is 14.5. The first-order valence-electron chi connectivity index (χ1n) is 6.73. The van der Waals surface area contributed by atoms with Crippen LogP contribution in [0.5, 0.6) is 0 Å². The van der Waals surface area contributed by atoms with Crippen LogP contribution in [0.1, 0.15) is 31.2 Å². The number of hydrogen-bond acceptors (Lipinski definition) is 2. The van der Waals surface area contributed by atoms with Crippen LogP contribution >= 0.6 is 12.4 Å². The number of hydrogen-bond donors (Lipinski definition) is 1. The second kappa shape index (κ2) is 7.51. The van der Waals surface area contributed by atoms with E-state index in [9.17, 15) is 4.79 Å². The van der Waals surface area contributed by atoms with Crippen molar-refractivity contribution in [3.05, 3.63) is 35.9 Å². The molecule has 106 valence electrons. The second-order valence-corrected chi connectivity index (χ2v) is 5.04. The molecule has 1 saturated heterocycles. The Kier molecular flexibility index (Phi) is 6.32. The van der Waals surface area contributed by atoms with Crippen molar-refractivity contribution in [2.24, 2.45) is 0 Å². The van der Waals surface area contributed by atoms with E-state index in [0.717, 1.165) is 25.1 Å². The molecule has 0 spiro atoms. The van der Waals surface area contributed by atoms with Crippen LogP contribution in [0.4, 0.5) is 0 Å². The van der Waals surface area contributed by atoms with Crippen molar-refractivity contribution >= 4 is 18.3 Å². The fraction of sp³-hybridized carbons (Fsp3) is 0.533. The van der Waals surface area contributed by atoms with E-state index in [1.54, 1.807) is 0 Å². The second-order valence-electron chi connectivity index (χ2n) is 5.04. The zero-order valence-corrected chi connectivity index (χ0v) is 12.5. The van der Waals surface area contributed by atoms with E-state index in [1.165, 1.54) is 6.42 Å². The van der Waals surface area contributed by atoms with E-state index in [0.29, 0.717) is 6.04 Å². The average Bonchev–Trinajstić information content (AvgIpc) is 2.46. The molecule has 3 nitrogen and oxygen atoms in total. The van der Waals surface area contributed by atoms with Crippen LogP contribution in [-0.4, -0.2) is 37.0 Å². The molecule has 4 heteroatoms. The summed E-state index contributed by atoms with van der Waals surface area (Å²) in [5.74, 6) is 0.211. The molecule has 2 atom stereocenters. The highest BCUT2D eigenvalue weighted by Crippen LogP contribution is 2.20. The molecule has 0 saturated carbocycles. The fourth-order valence-electron chi connectivity index (χ4n) is 2.57. The molecular formula is C15H23ClN2O. The Morgan fingerprint density at radius 1 is 1.37 bits per heavy atom. The van der Waals surface area contributed by atoms with Gasteiger partial charge < -0.3 is 10.2 Å². The number of likely N-dealkylation sites (tertiary alicyclic amines) is 1. The number of rotatable bonds is 3. The van der Waals surface area contributed by atoms with Crippen LogP contribution in [0.25, 0.3) is 0 Å². The Balaban J connectivity index is 0.00000180. The van der Waals surface area contributed by atoms with Crippen LogP contribution in [0, 0.1) is 0 Å². The number of nitrogens with one attached hydrogen (secondary N) is 1. The summed E-state index contributed by atoms with van der Waals surface area (Å²) in [5, 5.41) is 3.27. The van der Waals surface area contributed by atoms with E-state index in [2.05, 4.69) is 5.32 Å². The first kappa shape index (κ1) is 16.0. The highest BCUT2D eigenvalue weighted by Gasteiger charge is 2.26. The van der Waals surface area contributed by atoms with Gasteiger partial charge in [-0.15, -0.1) is 12.4 Å². The lowest BCUT2D eigenvalue weighted by Crippen LogP contribution is -2.48. The molecular weight excluding hydrogens is 260 g/mol. The van der Waals surface area contributed by atoms with Gasteiger partial charge in [0.15, 0.2) is 0 Å². The molecule has 0 radical (unpaired) electrons. The van der Waals surface area contributed by atoms with Gasteiger partial charge in [-0.3, -0.25) is 4.79 Å². The molecule has 1 heterocycles. The molecule has 1 fully saturated rings. The zero-order chi connectivity index (χ0) is 13.0. The topological polar surface area (TPSA) is 32.3 Å². The lowest BCUT2D eigenvalue weighted by molar-refractivity contribution is -0.133. The van der Waals surface area contributed by atoms with Crippen LogP contribution in [0.15, 0.2) is 30.3 Å². The van der Waals surface area contributed by atoms with Crippen LogP contribution in [0.2, 0.25) is 0 Å². The summed E-state index contributed by atoms with van der Waals surface area (Å²) in [5.41, 5.74) is 1.11. The van der Waals surface area contributed by atoms with Crippen LogP contribution in [-0.2, 0) is 4.79 Å². The van der Waals surface area contributed by atoms with Crippen LogP contribution < -0.4 is 5.32 Å². The van der Waals surface area contributed by atoms with Gasteiger partial charge in [0.2, 0.25) is 5.91 Å². The van der Waals surface area contributed by atoms with Gasteiger partial charge in [-0.25, -0.2) is 0 Å². The van der Waals surface area contributed by atoms with Gasteiger partial charge in [0.05, 0.1) is 5.92 Å². The molecule has 1 aliphatic rings. The van der Waals surface area contributed by atoms with Gasteiger partial charge in [0, 0.05) is 19.1 Å². The largest absolute Gasteiger partial charge is 0.341 e. The molecule has 1 aromatic rings. The van der Waals surface area contributed by atoms with Crippen molar-refractivity contribution in [2.75, 3.05) is 20.1 Å². The Morgan fingerprint density at radius 2 is 2.05 bits per heavy atom. The Labute approximate surface area is 121 Å². The van der Waals surface area contributed by atoms with Crippen molar-refractivity contribution < 1.29 is 4.79 Å². The van der Waals surface area contributed by atoms with E-state index in [-0.39, 0.29) is 24.2 Å². The first-order valence-corrected chi connectivity index (χ1v) is 6.73. The maximum atomic E-state index is 12.5. The molecule has 2 unspecified atom stereocenters. The van der Waals surface area contributed by atoms with Gasteiger partial charge in [-0.05, 0) is 32.4 Å². The number of nitrogens with zero attached hydrogens (tertiary/aromatic N) is 1. The van der Waals surface area contributed by atoms with E-state index < -0.39 is 0 Å². The minimum absolute atomic E-state index is 0. The quantitative estimate of drug-likeness (QED) is 0.923. The van der Waals surface area contributed by atoms with Gasteiger partial charge in [0.1, 0.15) is 0 Å². The van der Waals surface area contributed by atoms with Gasteiger partial charge in [0.25, 0.3) is 0 Å². The predicted molar refractivity (Wildman–Crippen MR) is 80.8 cm³/mol. The summed E-state index contributed by atoms with van der Waals surface area (Å²) in [6.07, 6.45) is 2.26. The lowest BCUT2D eigenvalue weighted by Gasteiger charge is -2.34. The number of halogens is 1. The molecule has 0 aromatic heterocycles. The number of amides is 1. The van der Waals surface area contributed by atoms with Gasteiger partial charge in [-0.1, -0.05) is 30.3 Å². The van der Waals surface area contributed by atoms with Crippen molar-refractivity contribution in [2.45, 2.75) is 31.7 Å². The highest BCUT2D eigenvalue weighted by molar-refractivity contribution is 5.85. The van der Waals surface area contributed by atoms with Crippen molar-refractivity contribution in [3.63, 3.8) is 0 Å². The van der Waals surface area contributed by atoms with Gasteiger partial charge in [-0.2, -0.15) is 0 Å². The maximum Gasteiger partial charge on any atom is 0.229 e. The number of carbonyl (C=O) groups excluding carboxylic acids is 1. The summed E-state index contributed by atoms with van der Waals surface area (Å²) < 4.78 is 0. The number of carbonyl (C=O) groups is 1. The smallest absolute Gasteiger partial charge is 0.229 e. The highest BCUT2D eigenvalue weighted by atomic mass is 35.5. The Bertz CT molecular complexity index is 396. The van der Waals surface area contributed by atoms with Gasteiger partial charge >= 0.3 is 0 Å². The third-order valence-electron chi connectivity index (χ3n) is 3.81. The Hall–Kier alpha value is -1.06. The number of piperidine rings is 1. The first-order chi connectivity index (χ1) is 8.72. The van der Waals surface area contributed by atoms with Crippen molar-refractivity contribution in [1.29, 1.82) is 0 Å². The Morgan fingerprint density at radius 3 is 2.68 bits per heavy atom.